The van der Waals surface area contributed by atoms with E-state index in [0.717, 1.165) is 0 Å². The molecule has 0 saturated carbocycles. The zero-order valence-electron chi connectivity index (χ0n) is 17.0. The van der Waals surface area contributed by atoms with Gasteiger partial charge in [-0.05, 0) is 30.3 Å². The quantitative estimate of drug-likeness (QED) is 0.633. The molecule has 0 aliphatic heterocycles. The minimum atomic E-state index is -3.67. The number of sulfonamides is 1. The number of ether oxygens (including phenoxy) is 3. The topological polar surface area (TPSA) is 94.2 Å². The van der Waals surface area contributed by atoms with Crippen molar-refractivity contribution in [3.8, 4) is 17.2 Å². The third kappa shape index (κ3) is 5.39. The molecule has 0 unspecified atom stereocenters. The summed E-state index contributed by atoms with van der Waals surface area (Å²) in [5.41, 5.74) is 0.245. The number of methoxy groups -OCH3 is 2. The normalized spacial score (nSPS) is 11.2. The second-order valence-corrected chi connectivity index (χ2v) is 7.88. The van der Waals surface area contributed by atoms with E-state index in [1.807, 2.05) is 0 Å². The van der Waals surface area contributed by atoms with Crippen LogP contribution >= 0.6 is 0 Å². The predicted octanol–water partition coefficient (Wildman–Crippen LogP) is 2.75. The molecule has 29 heavy (non-hydrogen) atoms. The van der Waals surface area contributed by atoms with Crippen molar-refractivity contribution in [1.82, 2.24) is 4.31 Å². The van der Waals surface area contributed by atoms with E-state index in [1.54, 1.807) is 38.1 Å². The average molecular weight is 423 g/mol. The van der Waals surface area contributed by atoms with Crippen molar-refractivity contribution >= 4 is 21.6 Å². The van der Waals surface area contributed by atoms with Gasteiger partial charge < -0.3 is 19.5 Å². The van der Waals surface area contributed by atoms with Crippen molar-refractivity contribution in [2.75, 3.05) is 39.2 Å². The molecule has 0 aliphatic rings. The number of para-hydroxylation sites is 2. The molecule has 0 fully saturated rings. The van der Waals surface area contributed by atoms with Gasteiger partial charge in [-0.1, -0.05) is 26.0 Å². The maximum atomic E-state index is 12.7. The van der Waals surface area contributed by atoms with E-state index in [-0.39, 0.29) is 17.2 Å². The molecular formula is C20H26N2O6S. The van der Waals surface area contributed by atoms with Gasteiger partial charge in [0.2, 0.25) is 10.0 Å². The van der Waals surface area contributed by atoms with E-state index in [0.29, 0.717) is 30.3 Å². The highest BCUT2D eigenvalue weighted by Crippen LogP contribution is 2.29. The van der Waals surface area contributed by atoms with Gasteiger partial charge in [0.25, 0.3) is 5.91 Å². The number of carbonyl (C=O) groups excluding carboxylic acids is 1. The van der Waals surface area contributed by atoms with Crippen molar-refractivity contribution in [1.29, 1.82) is 0 Å². The van der Waals surface area contributed by atoms with Crippen LogP contribution in [-0.4, -0.2) is 52.5 Å². The third-order valence-electron chi connectivity index (χ3n) is 4.22. The second-order valence-electron chi connectivity index (χ2n) is 5.94. The lowest BCUT2D eigenvalue weighted by Crippen LogP contribution is -2.30. The summed E-state index contributed by atoms with van der Waals surface area (Å²) < 4.78 is 42.8. The SMILES string of the molecule is CCN(CC)S(=O)(=O)c1ccc(OC)c(NC(=O)COc2ccccc2OC)c1. The van der Waals surface area contributed by atoms with Gasteiger partial charge in [0.15, 0.2) is 18.1 Å². The monoisotopic (exact) mass is 422 g/mol. The second kappa shape index (κ2) is 10.1. The molecule has 9 heteroatoms. The van der Waals surface area contributed by atoms with Gasteiger partial charge in [0, 0.05) is 13.1 Å². The Kier molecular flexibility index (Phi) is 7.86. The van der Waals surface area contributed by atoms with Crippen molar-refractivity contribution in [2.45, 2.75) is 18.7 Å². The molecule has 0 spiro atoms. The summed E-state index contributed by atoms with van der Waals surface area (Å²) in [4.78, 5) is 12.4. The van der Waals surface area contributed by atoms with E-state index in [1.165, 1.54) is 36.7 Å². The Bertz CT molecular complexity index is 942. The minimum Gasteiger partial charge on any atom is -0.495 e. The van der Waals surface area contributed by atoms with Crippen LogP contribution in [0.4, 0.5) is 5.69 Å². The van der Waals surface area contributed by atoms with Crippen molar-refractivity contribution in [3.63, 3.8) is 0 Å². The number of amides is 1. The number of hydrogen-bond donors (Lipinski definition) is 1. The Labute approximate surface area is 171 Å². The lowest BCUT2D eigenvalue weighted by atomic mass is 10.3. The first-order valence-electron chi connectivity index (χ1n) is 9.11. The van der Waals surface area contributed by atoms with Gasteiger partial charge in [-0.3, -0.25) is 4.79 Å². The standard InChI is InChI=1S/C20H26N2O6S/c1-5-22(6-2)29(24,25)15-11-12-17(26-3)16(13-15)21-20(23)14-28-19-10-8-7-9-18(19)27-4/h7-13H,5-6,14H2,1-4H3,(H,21,23). The summed E-state index contributed by atoms with van der Waals surface area (Å²) >= 11 is 0. The zero-order valence-corrected chi connectivity index (χ0v) is 17.8. The molecule has 0 heterocycles. The molecule has 0 radical (unpaired) electrons. The number of hydrogen-bond acceptors (Lipinski definition) is 6. The Balaban J connectivity index is 2.19. The molecule has 158 valence electrons. The van der Waals surface area contributed by atoms with Crippen LogP contribution < -0.4 is 19.5 Å². The summed E-state index contributed by atoms with van der Waals surface area (Å²) in [7, 11) is -0.722. The number of rotatable bonds is 10. The maximum absolute atomic E-state index is 12.7. The van der Waals surface area contributed by atoms with E-state index >= 15 is 0 Å². The average Bonchev–Trinajstić information content (AvgIpc) is 2.73. The van der Waals surface area contributed by atoms with Gasteiger partial charge in [-0.25, -0.2) is 8.42 Å². The molecule has 1 amide bonds. The first-order chi connectivity index (χ1) is 13.9. The Morgan fingerprint density at radius 3 is 2.17 bits per heavy atom. The molecule has 2 aromatic carbocycles. The third-order valence-corrected chi connectivity index (χ3v) is 6.26. The first-order valence-corrected chi connectivity index (χ1v) is 10.5. The molecule has 8 nitrogen and oxygen atoms in total. The zero-order chi connectivity index (χ0) is 21.4. The molecule has 1 N–H and O–H groups in total. The molecule has 2 rings (SSSR count). The largest absolute Gasteiger partial charge is 0.495 e. The maximum Gasteiger partial charge on any atom is 0.262 e. The van der Waals surface area contributed by atoms with Crippen LogP contribution in [0.1, 0.15) is 13.8 Å². The molecular weight excluding hydrogens is 396 g/mol. The van der Waals surface area contributed by atoms with Crippen molar-refractivity contribution < 1.29 is 27.4 Å². The van der Waals surface area contributed by atoms with Gasteiger partial charge in [0.05, 0.1) is 24.8 Å². The molecule has 0 bridgehead atoms. The summed E-state index contributed by atoms with van der Waals surface area (Å²) in [6.07, 6.45) is 0. The van der Waals surface area contributed by atoms with Gasteiger partial charge in [-0.15, -0.1) is 0 Å². The van der Waals surface area contributed by atoms with E-state index in [4.69, 9.17) is 14.2 Å². The predicted molar refractivity (Wildman–Crippen MR) is 110 cm³/mol. The summed E-state index contributed by atoms with van der Waals surface area (Å²) in [6, 6.07) is 11.3. The summed E-state index contributed by atoms with van der Waals surface area (Å²) in [5.74, 6) is 0.806. The number of nitrogens with zero attached hydrogens (tertiary/aromatic N) is 1. The van der Waals surface area contributed by atoms with E-state index in [9.17, 15) is 13.2 Å². The minimum absolute atomic E-state index is 0.0722. The van der Waals surface area contributed by atoms with E-state index < -0.39 is 15.9 Å². The summed E-state index contributed by atoms with van der Waals surface area (Å²) in [6.45, 7) is 3.94. The van der Waals surface area contributed by atoms with Crippen LogP contribution in [0.2, 0.25) is 0 Å². The van der Waals surface area contributed by atoms with Crippen LogP contribution in [0.3, 0.4) is 0 Å². The number of nitrogens with one attached hydrogen (secondary N) is 1. The van der Waals surface area contributed by atoms with Crippen LogP contribution in [0, 0.1) is 0 Å². The van der Waals surface area contributed by atoms with Gasteiger partial charge in [-0.2, -0.15) is 4.31 Å². The van der Waals surface area contributed by atoms with Gasteiger partial charge in [0.1, 0.15) is 5.75 Å². The van der Waals surface area contributed by atoms with Crippen molar-refractivity contribution in [3.05, 3.63) is 42.5 Å². The molecule has 0 aromatic heterocycles. The Morgan fingerprint density at radius 2 is 1.59 bits per heavy atom. The molecule has 0 saturated heterocycles. The molecule has 2 aromatic rings. The first kappa shape index (κ1) is 22.5. The number of benzene rings is 2. The fraction of sp³-hybridized carbons (Fsp3) is 0.350. The molecule has 0 atom stereocenters. The van der Waals surface area contributed by atoms with Crippen LogP contribution in [0.5, 0.6) is 17.2 Å². The van der Waals surface area contributed by atoms with E-state index in [2.05, 4.69) is 5.32 Å². The smallest absolute Gasteiger partial charge is 0.262 e. The Hall–Kier alpha value is -2.78. The highest BCUT2D eigenvalue weighted by Gasteiger charge is 2.23. The fourth-order valence-electron chi connectivity index (χ4n) is 2.73. The van der Waals surface area contributed by atoms with Crippen LogP contribution in [-0.2, 0) is 14.8 Å². The highest BCUT2D eigenvalue weighted by molar-refractivity contribution is 7.89. The molecule has 0 aliphatic carbocycles. The van der Waals surface area contributed by atoms with Crippen LogP contribution in [0.15, 0.2) is 47.4 Å². The lowest BCUT2D eigenvalue weighted by molar-refractivity contribution is -0.118. The lowest BCUT2D eigenvalue weighted by Gasteiger charge is -2.19. The van der Waals surface area contributed by atoms with Crippen LogP contribution in [0.25, 0.3) is 0 Å². The number of carbonyl (C=O) groups is 1. The summed E-state index contributed by atoms with van der Waals surface area (Å²) in [5, 5.41) is 2.64. The highest BCUT2D eigenvalue weighted by atomic mass is 32.2. The Morgan fingerprint density at radius 1 is 0.966 bits per heavy atom. The van der Waals surface area contributed by atoms with Crippen molar-refractivity contribution in [2.24, 2.45) is 0 Å². The van der Waals surface area contributed by atoms with Gasteiger partial charge >= 0.3 is 0 Å². The fourth-order valence-corrected chi connectivity index (χ4v) is 4.21. The number of anilines is 1.